The highest BCUT2D eigenvalue weighted by Gasteiger charge is 2.20. The van der Waals surface area contributed by atoms with E-state index in [2.05, 4.69) is 6.92 Å². The van der Waals surface area contributed by atoms with Crippen molar-refractivity contribution in [3.8, 4) is 0 Å². The van der Waals surface area contributed by atoms with E-state index in [1.165, 1.54) is 83.5 Å². The van der Waals surface area contributed by atoms with Crippen LogP contribution in [0.5, 0.6) is 0 Å². The molecule has 0 aliphatic carbocycles. The van der Waals surface area contributed by atoms with E-state index in [4.69, 9.17) is 14.9 Å². The third-order valence-corrected chi connectivity index (χ3v) is 6.81. The zero-order valence-electron chi connectivity index (χ0n) is 22.7. The number of unbranched alkanes of at least 4 members (excludes halogenated alkanes) is 17. The van der Waals surface area contributed by atoms with E-state index in [-0.39, 0.29) is 25.1 Å². The maximum Gasteiger partial charge on any atom is 0.309 e. The Hall–Kier alpha value is -1.14. The van der Waals surface area contributed by atoms with Gasteiger partial charge in [-0.25, -0.2) is 0 Å². The van der Waals surface area contributed by atoms with Gasteiger partial charge in [-0.05, 0) is 19.3 Å². The number of carbonyl (C=O) groups excluding carboxylic acids is 1. The van der Waals surface area contributed by atoms with Crippen LogP contribution in [0.15, 0.2) is 0 Å². The molecule has 0 spiro atoms. The van der Waals surface area contributed by atoms with Gasteiger partial charge in [-0.1, -0.05) is 122 Å². The van der Waals surface area contributed by atoms with E-state index in [9.17, 15) is 14.7 Å². The largest absolute Gasteiger partial charge is 0.481 e. The molecule has 0 aliphatic heterocycles. The van der Waals surface area contributed by atoms with Crippen molar-refractivity contribution in [3.63, 3.8) is 0 Å². The lowest BCUT2D eigenvalue weighted by atomic mass is 9.94. The highest BCUT2D eigenvalue weighted by atomic mass is 16.5. The summed E-state index contributed by atoms with van der Waals surface area (Å²) in [4.78, 5) is 22.9. The van der Waals surface area contributed by atoms with Crippen LogP contribution in [0.2, 0.25) is 0 Å². The third-order valence-electron chi connectivity index (χ3n) is 6.81. The maximum absolute atomic E-state index is 12.4. The Bertz CT molecular complexity index is 482. The number of aliphatic carboxylic acids is 1. The standard InChI is InChI=1S/C29H56O6/c1-2-3-4-18-21-26(29(34)35-25-27(31)24-30)22-19-16-14-12-10-8-6-5-7-9-11-13-15-17-20-23-28(32)33/h26-27,30-31H,2-25H2,1H3,(H,32,33). The molecule has 0 bridgehead atoms. The van der Waals surface area contributed by atoms with Gasteiger partial charge in [0.25, 0.3) is 0 Å². The first-order chi connectivity index (χ1) is 17.0. The molecule has 0 aromatic rings. The minimum Gasteiger partial charge on any atom is -0.481 e. The van der Waals surface area contributed by atoms with Gasteiger partial charge < -0.3 is 20.1 Å². The Kier molecular flexibility index (Phi) is 25.1. The molecule has 0 fully saturated rings. The van der Waals surface area contributed by atoms with Gasteiger partial charge in [0.1, 0.15) is 12.7 Å². The fourth-order valence-corrected chi connectivity index (χ4v) is 4.51. The van der Waals surface area contributed by atoms with E-state index in [0.717, 1.165) is 51.4 Å². The summed E-state index contributed by atoms with van der Waals surface area (Å²) in [5.41, 5.74) is 0. The van der Waals surface area contributed by atoms with Gasteiger partial charge in [0.05, 0.1) is 12.5 Å². The van der Waals surface area contributed by atoms with Gasteiger partial charge in [0.2, 0.25) is 0 Å². The molecule has 0 aromatic carbocycles. The van der Waals surface area contributed by atoms with Crippen LogP contribution in [0.3, 0.4) is 0 Å². The van der Waals surface area contributed by atoms with Gasteiger partial charge in [0, 0.05) is 6.42 Å². The van der Waals surface area contributed by atoms with Gasteiger partial charge in [-0.15, -0.1) is 0 Å². The number of aliphatic hydroxyl groups is 2. The molecular formula is C29H56O6. The zero-order valence-corrected chi connectivity index (χ0v) is 22.7. The van der Waals surface area contributed by atoms with E-state index < -0.39 is 12.1 Å². The number of carbonyl (C=O) groups is 2. The van der Waals surface area contributed by atoms with Crippen molar-refractivity contribution < 1.29 is 29.6 Å². The van der Waals surface area contributed by atoms with E-state index in [0.29, 0.717) is 6.42 Å². The number of aliphatic hydroxyl groups excluding tert-OH is 2. The average molecular weight is 501 g/mol. The predicted octanol–water partition coefficient (Wildman–Crippen LogP) is 7.19. The zero-order chi connectivity index (χ0) is 26.0. The number of carboxylic acid groups (broad SMARTS) is 1. The smallest absolute Gasteiger partial charge is 0.309 e. The normalized spacial score (nSPS) is 13.0. The SMILES string of the molecule is CCCCCCC(CCCCCCCCCCCCCCCCCC(=O)O)C(=O)OCC(O)CO. The number of hydrogen-bond acceptors (Lipinski definition) is 5. The first-order valence-electron chi connectivity index (χ1n) is 14.7. The van der Waals surface area contributed by atoms with Gasteiger partial charge >= 0.3 is 11.9 Å². The Morgan fingerprint density at radius 2 is 1.06 bits per heavy atom. The van der Waals surface area contributed by atoms with Crippen LogP contribution in [-0.4, -0.2) is 46.6 Å². The summed E-state index contributed by atoms with van der Waals surface area (Å²) in [5.74, 6) is -0.975. The van der Waals surface area contributed by atoms with Crippen LogP contribution in [-0.2, 0) is 14.3 Å². The van der Waals surface area contributed by atoms with Crippen molar-refractivity contribution in [2.45, 2.75) is 154 Å². The van der Waals surface area contributed by atoms with Crippen molar-refractivity contribution in [3.05, 3.63) is 0 Å². The number of rotatable bonds is 27. The van der Waals surface area contributed by atoms with Crippen molar-refractivity contribution in [2.75, 3.05) is 13.2 Å². The molecule has 0 saturated heterocycles. The first-order valence-corrected chi connectivity index (χ1v) is 14.7. The monoisotopic (exact) mass is 500 g/mol. The lowest BCUT2D eigenvalue weighted by molar-refractivity contribution is -0.152. The lowest BCUT2D eigenvalue weighted by Gasteiger charge is -2.17. The van der Waals surface area contributed by atoms with Gasteiger partial charge in [-0.2, -0.15) is 0 Å². The molecule has 0 aliphatic rings. The summed E-state index contributed by atoms with van der Waals surface area (Å²) in [6.07, 6.45) is 23.7. The van der Waals surface area contributed by atoms with Gasteiger partial charge in [0.15, 0.2) is 0 Å². The highest BCUT2D eigenvalue weighted by molar-refractivity contribution is 5.72. The molecule has 0 saturated carbocycles. The van der Waals surface area contributed by atoms with Crippen molar-refractivity contribution in [1.82, 2.24) is 0 Å². The third kappa shape index (κ3) is 24.3. The summed E-state index contributed by atoms with van der Waals surface area (Å²) in [6.45, 7) is 1.68. The Morgan fingerprint density at radius 1 is 0.657 bits per heavy atom. The molecule has 35 heavy (non-hydrogen) atoms. The maximum atomic E-state index is 12.4. The lowest BCUT2D eigenvalue weighted by Crippen LogP contribution is -2.25. The Morgan fingerprint density at radius 3 is 1.46 bits per heavy atom. The highest BCUT2D eigenvalue weighted by Crippen LogP contribution is 2.21. The molecule has 2 atom stereocenters. The van der Waals surface area contributed by atoms with Crippen LogP contribution in [0.1, 0.15) is 148 Å². The second-order valence-electron chi connectivity index (χ2n) is 10.2. The minimum absolute atomic E-state index is 0.0810. The molecular weight excluding hydrogens is 444 g/mol. The fraction of sp³-hybridized carbons (Fsp3) is 0.931. The molecule has 208 valence electrons. The van der Waals surface area contributed by atoms with Crippen LogP contribution in [0.4, 0.5) is 0 Å². The van der Waals surface area contributed by atoms with Crippen LogP contribution >= 0.6 is 0 Å². The molecule has 3 N–H and O–H groups in total. The van der Waals surface area contributed by atoms with E-state index in [1.807, 2.05) is 0 Å². The Labute approximate surface area is 215 Å². The minimum atomic E-state index is -0.985. The fourth-order valence-electron chi connectivity index (χ4n) is 4.51. The average Bonchev–Trinajstić information content (AvgIpc) is 2.85. The molecule has 0 heterocycles. The summed E-state index contributed by atoms with van der Waals surface area (Å²) in [6, 6.07) is 0. The van der Waals surface area contributed by atoms with Crippen molar-refractivity contribution >= 4 is 11.9 Å². The van der Waals surface area contributed by atoms with Crippen LogP contribution in [0.25, 0.3) is 0 Å². The summed E-state index contributed by atoms with van der Waals surface area (Å²) >= 11 is 0. The summed E-state index contributed by atoms with van der Waals surface area (Å²) in [5, 5.41) is 27.0. The molecule has 0 radical (unpaired) electrons. The molecule has 0 rings (SSSR count). The summed E-state index contributed by atoms with van der Waals surface area (Å²) in [7, 11) is 0. The molecule has 0 amide bonds. The molecule has 0 aromatic heterocycles. The van der Waals surface area contributed by atoms with Gasteiger partial charge in [-0.3, -0.25) is 9.59 Å². The van der Waals surface area contributed by atoms with Crippen molar-refractivity contribution in [2.24, 2.45) is 5.92 Å². The van der Waals surface area contributed by atoms with Crippen LogP contribution in [0, 0.1) is 5.92 Å². The first kappa shape index (κ1) is 33.9. The second kappa shape index (κ2) is 25.9. The number of ether oxygens (including phenoxy) is 1. The number of carboxylic acids is 1. The van der Waals surface area contributed by atoms with Crippen LogP contribution < -0.4 is 0 Å². The summed E-state index contributed by atoms with van der Waals surface area (Å²) < 4.78 is 5.23. The number of hydrogen-bond donors (Lipinski definition) is 3. The quantitative estimate of drug-likeness (QED) is 0.0814. The topological polar surface area (TPSA) is 104 Å². The van der Waals surface area contributed by atoms with Crippen molar-refractivity contribution in [1.29, 1.82) is 0 Å². The second-order valence-corrected chi connectivity index (χ2v) is 10.2. The van der Waals surface area contributed by atoms with E-state index in [1.54, 1.807) is 0 Å². The van der Waals surface area contributed by atoms with E-state index >= 15 is 0 Å². The number of esters is 1. The predicted molar refractivity (Wildman–Crippen MR) is 142 cm³/mol. The molecule has 6 heteroatoms. The Balaban J connectivity index is 3.66. The molecule has 2 unspecified atom stereocenters. The molecule has 6 nitrogen and oxygen atoms in total.